The molecule has 3 aromatic heterocycles. The predicted octanol–water partition coefficient (Wildman–Crippen LogP) is 13.8. The maximum Gasteiger partial charge on any atom is 0.128 e. The molecule has 0 aliphatic carbocycles. The fourth-order valence-corrected chi connectivity index (χ4v) is 9.02. The van der Waals surface area contributed by atoms with Crippen molar-refractivity contribution in [3.63, 3.8) is 0 Å². The molecule has 1 radical (unpaired) electrons. The van der Waals surface area contributed by atoms with Gasteiger partial charge in [0.15, 0.2) is 0 Å². The molecular weight excluding hydrogens is 889 g/mol. The van der Waals surface area contributed by atoms with Gasteiger partial charge in [0.2, 0.25) is 0 Å². The third-order valence-electron chi connectivity index (χ3n) is 10.7. The van der Waals surface area contributed by atoms with Crippen molar-refractivity contribution in [2.75, 3.05) is 0 Å². The van der Waals surface area contributed by atoms with Crippen molar-refractivity contribution in [2.45, 2.75) is 78.4 Å². The number of furan rings is 1. The second-order valence-electron chi connectivity index (χ2n) is 17.2. The minimum atomic E-state index is -1.34. The van der Waals surface area contributed by atoms with E-state index in [-0.39, 0.29) is 31.4 Å². The SMILES string of the molecule is CC(C)c1cc(-c2[c-]cccc2)ncc1[Si](C)(C)C.CC(c1ccccc1)c1ccnc(-c2[c-]cc3oc4c(-c5ccc(C(C)(C)C)cc5)cccc4c3c2)c1.[Ir]. The van der Waals surface area contributed by atoms with Gasteiger partial charge in [0.25, 0.3) is 0 Å². The maximum absolute atomic E-state index is 6.39. The summed E-state index contributed by atoms with van der Waals surface area (Å²) < 4.78 is 6.39. The molecule has 3 heterocycles. The predicted molar refractivity (Wildman–Crippen MR) is 239 cm³/mol. The van der Waals surface area contributed by atoms with Crippen LogP contribution in [0.2, 0.25) is 19.6 Å². The maximum atomic E-state index is 6.39. The van der Waals surface area contributed by atoms with Crippen LogP contribution in [-0.4, -0.2) is 18.0 Å². The Morgan fingerprint density at radius 1 is 0.667 bits per heavy atom. The smallest absolute Gasteiger partial charge is 0.128 e. The van der Waals surface area contributed by atoms with Crippen LogP contribution in [0, 0.1) is 12.1 Å². The van der Waals surface area contributed by atoms with Crippen LogP contribution in [0.1, 0.15) is 75.6 Å². The Morgan fingerprint density at radius 3 is 2.05 bits per heavy atom. The second kappa shape index (κ2) is 17.3. The van der Waals surface area contributed by atoms with Crippen molar-refractivity contribution in [3.8, 4) is 33.6 Å². The van der Waals surface area contributed by atoms with Gasteiger partial charge in [-0.3, -0.25) is 0 Å². The van der Waals surface area contributed by atoms with Crippen molar-refractivity contribution in [1.82, 2.24) is 9.97 Å². The normalized spacial score (nSPS) is 12.2. The Bertz CT molecular complexity index is 2580. The van der Waals surface area contributed by atoms with Crippen molar-refractivity contribution in [3.05, 3.63) is 174 Å². The number of rotatable bonds is 7. The summed E-state index contributed by atoms with van der Waals surface area (Å²) in [5, 5.41) is 3.67. The van der Waals surface area contributed by atoms with Gasteiger partial charge in [0, 0.05) is 49.4 Å². The van der Waals surface area contributed by atoms with Gasteiger partial charge in [0.1, 0.15) is 5.58 Å². The van der Waals surface area contributed by atoms with E-state index in [0.717, 1.165) is 55.6 Å². The Morgan fingerprint density at radius 2 is 1.39 bits per heavy atom. The monoisotopic (exact) mass is 941 g/mol. The van der Waals surface area contributed by atoms with E-state index in [0.29, 0.717) is 5.92 Å². The zero-order valence-electron chi connectivity index (χ0n) is 34.6. The summed E-state index contributed by atoms with van der Waals surface area (Å²) in [6.07, 6.45) is 3.99. The number of pyridine rings is 2. The molecule has 1 unspecified atom stereocenters. The molecule has 0 saturated carbocycles. The van der Waals surface area contributed by atoms with E-state index in [1.165, 1.54) is 27.4 Å². The zero-order chi connectivity index (χ0) is 39.6. The van der Waals surface area contributed by atoms with Gasteiger partial charge < -0.3 is 14.4 Å². The largest absolute Gasteiger partial charge is 0.500 e. The van der Waals surface area contributed by atoms with E-state index in [2.05, 4.69) is 193 Å². The van der Waals surface area contributed by atoms with Crippen LogP contribution >= 0.6 is 0 Å². The summed E-state index contributed by atoms with van der Waals surface area (Å²) >= 11 is 0. The first-order chi connectivity index (χ1) is 26.8. The van der Waals surface area contributed by atoms with Crippen LogP contribution in [0.5, 0.6) is 0 Å². The minimum absolute atomic E-state index is 0. The number of benzene rings is 5. The van der Waals surface area contributed by atoms with Crippen LogP contribution in [-0.2, 0) is 25.5 Å². The number of nitrogens with zero attached hydrogens (tertiary/aromatic N) is 2. The molecule has 0 N–H and O–H groups in total. The quantitative estimate of drug-likeness (QED) is 0.118. The van der Waals surface area contributed by atoms with Crippen molar-refractivity contribution < 1.29 is 24.5 Å². The molecule has 5 heteroatoms. The van der Waals surface area contributed by atoms with E-state index in [1.807, 2.05) is 30.5 Å². The van der Waals surface area contributed by atoms with Crippen LogP contribution in [0.25, 0.3) is 55.6 Å². The fourth-order valence-electron chi connectivity index (χ4n) is 7.34. The van der Waals surface area contributed by atoms with Crippen molar-refractivity contribution in [1.29, 1.82) is 0 Å². The third-order valence-corrected chi connectivity index (χ3v) is 12.7. The Kier molecular flexibility index (Phi) is 12.6. The molecule has 57 heavy (non-hydrogen) atoms. The summed E-state index contributed by atoms with van der Waals surface area (Å²) in [5.41, 5.74) is 13.4. The van der Waals surface area contributed by atoms with E-state index in [4.69, 9.17) is 4.42 Å². The van der Waals surface area contributed by atoms with Gasteiger partial charge in [-0.2, -0.15) is 0 Å². The molecule has 5 aromatic carbocycles. The van der Waals surface area contributed by atoms with Gasteiger partial charge >= 0.3 is 0 Å². The molecular formula is C52H52IrN2OSi-2. The van der Waals surface area contributed by atoms with E-state index < -0.39 is 8.07 Å². The molecule has 8 aromatic rings. The van der Waals surface area contributed by atoms with E-state index >= 15 is 0 Å². The van der Waals surface area contributed by atoms with Gasteiger partial charge in [0.05, 0.1) is 13.7 Å². The zero-order valence-corrected chi connectivity index (χ0v) is 38.0. The van der Waals surface area contributed by atoms with Crippen LogP contribution in [0.4, 0.5) is 0 Å². The first-order valence-corrected chi connectivity index (χ1v) is 23.2. The topological polar surface area (TPSA) is 38.9 Å². The van der Waals surface area contributed by atoms with Crippen molar-refractivity contribution in [2.24, 2.45) is 0 Å². The average molecular weight is 941 g/mol. The molecule has 8 rings (SSSR count). The molecule has 291 valence electrons. The van der Waals surface area contributed by atoms with Crippen LogP contribution < -0.4 is 5.19 Å². The molecule has 3 nitrogen and oxygen atoms in total. The molecule has 0 spiro atoms. The fraction of sp³-hybridized carbons (Fsp3) is 0.231. The molecule has 0 aliphatic heterocycles. The summed E-state index contributed by atoms with van der Waals surface area (Å²) in [7, 11) is -1.34. The second-order valence-corrected chi connectivity index (χ2v) is 22.2. The first kappa shape index (κ1) is 41.7. The van der Waals surface area contributed by atoms with Gasteiger partial charge in [-0.1, -0.05) is 157 Å². The number of hydrogen-bond donors (Lipinski definition) is 0. The summed E-state index contributed by atoms with van der Waals surface area (Å²) in [6.45, 7) is 20.6. The molecule has 1 atom stereocenters. The molecule has 0 bridgehead atoms. The third kappa shape index (κ3) is 9.29. The minimum Gasteiger partial charge on any atom is -0.500 e. The number of para-hydroxylation sites is 1. The number of fused-ring (bicyclic) bond motifs is 3. The summed E-state index contributed by atoms with van der Waals surface area (Å²) in [5.74, 6) is 0.820. The van der Waals surface area contributed by atoms with Crippen molar-refractivity contribution >= 4 is 35.2 Å². The first-order valence-electron chi connectivity index (χ1n) is 19.7. The average Bonchev–Trinajstić information content (AvgIpc) is 3.59. The van der Waals surface area contributed by atoms with Crippen LogP contribution in [0.3, 0.4) is 0 Å². The molecule has 0 fully saturated rings. The molecule has 0 saturated heterocycles. The summed E-state index contributed by atoms with van der Waals surface area (Å²) in [6, 6.07) is 51.2. The molecule has 0 aliphatic rings. The van der Waals surface area contributed by atoms with E-state index in [1.54, 1.807) is 0 Å². The van der Waals surface area contributed by atoms with Gasteiger partial charge in [-0.25, -0.2) is 0 Å². The number of hydrogen-bond acceptors (Lipinski definition) is 3. The van der Waals surface area contributed by atoms with Gasteiger partial charge in [-0.05, 0) is 56.2 Å². The summed E-state index contributed by atoms with van der Waals surface area (Å²) in [4.78, 5) is 9.35. The Labute approximate surface area is 354 Å². The Hall–Kier alpha value is -4.93. The van der Waals surface area contributed by atoms with Crippen LogP contribution in [0.15, 0.2) is 144 Å². The Balaban J connectivity index is 0.000000233. The number of aromatic nitrogens is 2. The standard InChI is InChI=1S/C35H30NO.C17H22NSi.Ir/c1-23(24-9-6-5-7-10-24)26-19-20-36-32(22-26)27-15-18-33-31(21-27)30-12-8-11-29(34(30)37-33)25-13-16-28(17-14-25)35(2,3)4;1-13(2)15-11-16(14-9-7-6-8-10-14)18-12-17(15)19(3,4)5;/h5-14,16-23H,1-4H3;6-9,11-13H,1-5H3;/q2*-1;. The van der Waals surface area contributed by atoms with Gasteiger partial charge in [-0.15, -0.1) is 59.7 Å². The molecule has 0 amide bonds. The van der Waals surface area contributed by atoms with E-state index in [9.17, 15) is 0 Å².